The third-order valence-corrected chi connectivity index (χ3v) is 12.6. The van der Waals surface area contributed by atoms with Crippen LogP contribution < -0.4 is 0 Å². The molecular weight excluding hydrogens is 388 g/mol. The molecule has 0 bridgehead atoms. The second kappa shape index (κ2) is 8.73. The molecule has 0 unspecified atom stereocenters. The largest absolute Gasteiger partial charge is 0.393 e. The standard InChI is InChI=1S/C31H54O/c1-9-23(20(2)3)11-10-21(4)24-14-18-31(8)27-13-12-25-22(5)28(32)16-17-29(25,6)26(27)15-19-30(24,31)7/h15,20-25,27-28,32H,9-14,16-19H2,1-8H3/t21-,22+,23-,24-,25+,27-,28+,29+,30-,31+/m1/s1. The summed E-state index contributed by atoms with van der Waals surface area (Å²) in [5, 5.41) is 10.6. The fourth-order valence-electron chi connectivity index (χ4n) is 9.98. The zero-order chi connectivity index (χ0) is 23.5. The first kappa shape index (κ1) is 24.8. The Morgan fingerprint density at radius 3 is 2.34 bits per heavy atom. The van der Waals surface area contributed by atoms with Crippen LogP contribution in [0.4, 0.5) is 0 Å². The normalized spacial score (nSPS) is 47.9. The maximum atomic E-state index is 10.6. The zero-order valence-electron chi connectivity index (χ0n) is 22.7. The monoisotopic (exact) mass is 442 g/mol. The van der Waals surface area contributed by atoms with E-state index in [-0.39, 0.29) is 6.10 Å². The van der Waals surface area contributed by atoms with Crippen LogP contribution in [0.15, 0.2) is 11.6 Å². The van der Waals surface area contributed by atoms with Gasteiger partial charge in [0.15, 0.2) is 0 Å². The highest BCUT2D eigenvalue weighted by Crippen LogP contribution is 2.72. The molecule has 0 amide bonds. The van der Waals surface area contributed by atoms with Crippen LogP contribution >= 0.6 is 0 Å². The van der Waals surface area contributed by atoms with Crippen molar-refractivity contribution in [2.75, 3.05) is 0 Å². The summed E-state index contributed by atoms with van der Waals surface area (Å²) in [7, 11) is 0. The average molecular weight is 443 g/mol. The lowest BCUT2D eigenvalue weighted by atomic mass is 9.43. The van der Waals surface area contributed by atoms with E-state index in [9.17, 15) is 5.11 Å². The fourth-order valence-corrected chi connectivity index (χ4v) is 9.98. The highest BCUT2D eigenvalue weighted by atomic mass is 16.3. The number of allylic oxidation sites excluding steroid dienone is 2. The van der Waals surface area contributed by atoms with Crippen molar-refractivity contribution >= 4 is 0 Å². The molecule has 4 aliphatic carbocycles. The molecule has 0 aliphatic heterocycles. The van der Waals surface area contributed by atoms with Crippen LogP contribution in [0.5, 0.6) is 0 Å². The first-order chi connectivity index (χ1) is 15.0. The minimum Gasteiger partial charge on any atom is -0.393 e. The smallest absolute Gasteiger partial charge is 0.0569 e. The third kappa shape index (κ3) is 3.58. The first-order valence-corrected chi connectivity index (χ1v) is 14.4. The van der Waals surface area contributed by atoms with Gasteiger partial charge in [-0.1, -0.05) is 79.9 Å². The van der Waals surface area contributed by atoms with Gasteiger partial charge in [0, 0.05) is 0 Å². The SMILES string of the molecule is CC[C@H](CC[C@@H](C)[C@H]1CC[C@@]2(C)[C@@H]3CC[C@H]4[C@H](C)[C@@H](O)CC[C@]4(C)C3=CC[C@]12C)C(C)C. The van der Waals surface area contributed by atoms with E-state index in [0.717, 1.165) is 36.0 Å². The van der Waals surface area contributed by atoms with Crippen molar-refractivity contribution in [3.8, 4) is 0 Å². The van der Waals surface area contributed by atoms with Gasteiger partial charge in [-0.2, -0.15) is 0 Å². The number of aliphatic hydroxyl groups excluding tert-OH is 1. The predicted octanol–water partition coefficient (Wildman–Crippen LogP) is 8.66. The average Bonchev–Trinajstić information content (AvgIpc) is 3.02. The van der Waals surface area contributed by atoms with Crippen LogP contribution in [0.25, 0.3) is 0 Å². The predicted molar refractivity (Wildman–Crippen MR) is 137 cm³/mol. The summed E-state index contributed by atoms with van der Waals surface area (Å²) in [5.74, 6) is 5.37. The van der Waals surface area contributed by atoms with Crippen molar-refractivity contribution in [1.29, 1.82) is 0 Å². The molecule has 0 saturated heterocycles. The van der Waals surface area contributed by atoms with Crippen LogP contribution in [-0.4, -0.2) is 11.2 Å². The van der Waals surface area contributed by atoms with Crippen molar-refractivity contribution in [1.82, 2.24) is 0 Å². The summed E-state index contributed by atoms with van der Waals surface area (Å²) in [4.78, 5) is 0. The molecule has 10 atom stereocenters. The zero-order valence-corrected chi connectivity index (χ0v) is 22.7. The second-order valence-corrected chi connectivity index (χ2v) is 13.9. The van der Waals surface area contributed by atoms with E-state index in [0.29, 0.717) is 28.1 Å². The minimum atomic E-state index is -0.0795. The number of rotatable bonds is 6. The Hall–Kier alpha value is -0.300. The Morgan fingerprint density at radius 1 is 0.969 bits per heavy atom. The van der Waals surface area contributed by atoms with E-state index >= 15 is 0 Å². The Balaban J connectivity index is 1.57. The van der Waals surface area contributed by atoms with Gasteiger partial charge in [-0.3, -0.25) is 0 Å². The van der Waals surface area contributed by atoms with Crippen LogP contribution in [-0.2, 0) is 0 Å². The lowest BCUT2D eigenvalue weighted by molar-refractivity contribution is -0.0781. The molecule has 1 N–H and O–H groups in total. The molecule has 0 aromatic heterocycles. The van der Waals surface area contributed by atoms with Crippen molar-refractivity contribution in [3.05, 3.63) is 11.6 Å². The van der Waals surface area contributed by atoms with Crippen LogP contribution in [0, 0.1) is 57.7 Å². The lowest BCUT2D eigenvalue weighted by Crippen LogP contribution is -2.55. The number of aliphatic hydroxyl groups is 1. The summed E-state index contributed by atoms with van der Waals surface area (Å²) in [5.41, 5.74) is 3.09. The van der Waals surface area contributed by atoms with Gasteiger partial charge in [0.1, 0.15) is 0 Å². The van der Waals surface area contributed by atoms with Crippen LogP contribution in [0.2, 0.25) is 0 Å². The molecule has 3 fully saturated rings. The van der Waals surface area contributed by atoms with E-state index in [1.165, 1.54) is 57.8 Å². The molecule has 1 heteroatoms. The van der Waals surface area contributed by atoms with E-state index in [1.54, 1.807) is 0 Å². The van der Waals surface area contributed by atoms with Gasteiger partial charge in [0.25, 0.3) is 0 Å². The summed E-state index contributed by atoms with van der Waals surface area (Å²) in [6.45, 7) is 20.1. The van der Waals surface area contributed by atoms with Gasteiger partial charge in [0.2, 0.25) is 0 Å². The molecule has 4 aliphatic rings. The molecule has 1 nitrogen and oxygen atoms in total. The number of hydrogen-bond acceptors (Lipinski definition) is 1. The van der Waals surface area contributed by atoms with E-state index in [4.69, 9.17) is 0 Å². The van der Waals surface area contributed by atoms with Gasteiger partial charge in [-0.25, -0.2) is 0 Å². The van der Waals surface area contributed by atoms with Gasteiger partial charge in [-0.05, 0) is 109 Å². The quantitative estimate of drug-likeness (QED) is 0.408. The highest BCUT2D eigenvalue weighted by molar-refractivity contribution is 5.32. The fraction of sp³-hybridized carbons (Fsp3) is 0.935. The Labute approximate surface area is 200 Å². The molecule has 32 heavy (non-hydrogen) atoms. The van der Waals surface area contributed by atoms with E-state index < -0.39 is 0 Å². The van der Waals surface area contributed by atoms with Crippen LogP contribution in [0.1, 0.15) is 120 Å². The van der Waals surface area contributed by atoms with E-state index in [1.807, 2.05) is 5.57 Å². The molecular formula is C31H54O. The van der Waals surface area contributed by atoms with Crippen molar-refractivity contribution in [3.63, 3.8) is 0 Å². The van der Waals surface area contributed by atoms with Gasteiger partial charge in [0.05, 0.1) is 6.10 Å². The maximum absolute atomic E-state index is 10.6. The molecule has 4 rings (SSSR count). The van der Waals surface area contributed by atoms with Gasteiger partial charge >= 0.3 is 0 Å². The van der Waals surface area contributed by atoms with Gasteiger partial charge in [-0.15, -0.1) is 0 Å². The Kier molecular flexibility index (Phi) is 6.77. The van der Waals surface area contributed by atoms with Crippen molar-refractivity contribution in [2.24, 2.45) is 57.7 Å². The number of fused-ring (bicyclic) bond motifs is 5. The highest BCUT2D eigenvalue weighted by Gasteiger charge is 2.64. The van der Waals surface area contributed by atoms with Crippen molar-refractivity contribution in [2.45, 2.75) is 126 Å². The van der Waals surface area contributed by atoms with Crippen molar-refractivity contribution < 1.29 is 5.11 Å². The second-order valence-electron chi connectivity index (χ2n) is 13.9. The molecule has 184 valence electrons. The topological polar surface area (TPSA) is 20.2 Å². The summed E-state index contributed by atoms with van der Waals surface area (Å²) in [6, 6.07) is 0. The lowest BCUT2D eigenvalue weighted by Gasteiger charge is -2.62. The number of hydrogen-bond donors (Lipinski definition) is 1. The molecule has 0 radical (unpaired) electrons. The minimum absolute atomic E-state index is 0.0795. The maximum Gasteiger partial charge on any atom is 0.0569 e. The van der Waals surface area contributed by atoms with Gasteiger partial charge < -0.3 is 5.11 Å². The summed E-state index contributed by atoms with van der Waals surface area (Å²) in [6.07, 6.45) is 15.9. The third-order valence-electron chi connectivity index (χ3n) is 12.6. The molecule has 0 aromatic carbocycles. The molecule has 0 heterocycles. The van der Waals surface area contributed by atoms with Crippen LogP contribution in [0.3, 0.4) is 0 Å². The first-order valence-electron chi connectivity index (χ1n) is 14.4. The van der Waals surface area contributed by atoms with E-state index in [2.05, 4.69) is 61.5 Å². The summed E-state index contributed by atoms with van der Waals surface area (Å²) < 4.78 is 0. The Morgan fingerprint density at radius 2 is 1.69 bits per heavy atom. The molecule has 0 aromatic rings. The molecule has 3 saturated carbocycles. The molecule has 0 spiro atoms. The Bertz CT molecular complexity index is 707. The summed E-state index contributed by atoms with van der Waals surface area (Å²) >= 11 is 0.